The van der Waals surface area contributed by atoms with Crippen molar-refractivity contribution in [1.82, 2.24) is 9.55 Å². The number of nitrogens with zero attached hydrogens (tertiary/aromatic N) is 3. The molecule has 1 atom stereocenters. The molecular formula is C11H10N4O3. The number of hydrogen-bond donors (Lipinski definition) is 1. The molecule has 2 heterocycles. The maximum absolute atomic E-state index is 12.2. The van der Waals surface area contributed by atoms with Crippen LogP contribution in [0.3, 0.4) is 0 Å². The molecule has 0 fully saturated rings. The SMILES string of the molecule is NC1CCn2c1nc1ccc([N+](=O)[O-])cc1c2=O. The third-order valence-electron chi connectivity index (χ3n) is 3.17. The average Bonchev–Trinajstić information content (AvgIpc) is 2.71. The van der Waals surface area contributed by atoms with E-state index in [4.69, 9.17) is 5.73 Å². The second-order valence-corrected chi connectivity index (χ2v) is 4.28. The third-order valence-corrected chi connectivity index (χ3v) is 3.17. The van der Waals surface area contributed by atoms with Crippen LogP contribution in [-0.4, -0.2) is 14.5 Å². The molecule has 0 amide bonds. The zero-order valence-corrected chi connectivity index (χ0v) is 9.37. The Morgan fingerprint density at radius 1 is 1.50 bits per heavy atom. The van der Waals surface area contributed by atoms with Crippen LogP contribution in [0.1, 0.15) is 18.3 Å². The first-order chi connectivity index (χ1) is 8.58. The standard InChI is InChI=1S/C11H10N4O3/c12-8-3-4-14-10(8)13-9-2-1-6(15(17)18)5-7(9)11(14)16/h1-2,5,8H,3-4,12H2. The van der Waals surface area contributed by atoms with Crippen molar-refractivity contribution >= 4 is 16.6 Å². The molecular weight excluding hydrogens is 236 g/mol. The highest BCUT2D eigenvalue weighted by Gasteiger charge is 2.23. The molecule has 0 bridgehead atoms. The van der Waals surface area contributed by atoms with E-state index in [0.717, 1.165) is 0 Å². The van der Waals surface area contributed by atoms with Crippen molar-refractivity contribution in [3.05, 3.63) is 44.5 Å². The fourth-order valence-electron chi connectivity index (χ4n) is 2.24. The molecule has 0 saturated heterocycles. The van der Waals surface area contributed by atoms with E-state index < -0.39 is 4.92 Å². The third kappa shape index (κ3) is 1.41. The Kier molecular flexibility index (Phi) is 2.17. The van der Waals surface area contributed by atoms with Gasteiger partial charge in [-0.25, -0.2) is 4.98 Å². The first kappa shape index (κ1) is 10.8. The summed E-state index contributed by atoms with van der Waals surface area (Å²) in [4.78, 5) is 26.7. The second-order valence-electron chi connectivity index (χ2n) is 4.28. The van der Waals surface area contributed by atoms with Gasteiger partial charge in [-0.2, -0.15) is 0 Å². The Hall–Kier alpha value is -2.28. The van der Waals surface area contributed by atoms with Crippen LogP contribution in [0.25, 0.3) is 10.9 Å². The topological polar surface area (TPSA) is 104 Å². The Labute approximate surface area is 101 Å². The van der Waals surface area contributed by atoms with Gasteiger partial charge in [-0.15, -0.1) is 0 Å². The van der Waals surface area contributed by atoms with Gasteiger partial charge in [0, 0.05) is 18.7 Å². The molecule has 1 aliphatic heterocycles. The summed E-state index contributed by atoms with van der Waals surface area (Å²) in [7, 11) is 0. The van der Waals surface area contributed by atoms with Gasteiger partial charge in [-0.05, 0) is 12.5 Å². The average molecular weight is 246 g/mol. The predicted octanol–water partition coefficient (Wildman–Crippen LogP) is 0.708. The molecule has 3 rings (SSSR count). The molecule has 2 N–H and O–H groups in total. The zero-order valence-electron chi connectivity index (χ0n) is 9.37. The van der Waals surface area contributed by atoms with E-state index in [1.54, 1.807) is 0 Å². The van der Waals surface area contributed by atoms with Crippen LogP contribution in [0.4, 0.5) is 5.69 Å². The maximum atomic E-state index is 12.2. The van der Waals surface area contributed by atoms with Gasteiger partial charge in [0.05, 0.1) is 21.9 Å². The Balaban J connectivity index is 2.36. The predicted molar refractivity (Wildman–Crippen MR) is 64.2 cm³/mol. The summed E-state index contributed by atoms with van der Waals surface area (Å²) >= 11 is 0. The number of non-ortho nitro benzene ring substituents is 1. The Morgan fingerprint density at radius 2 is 2.28 bits per heavy atom. The number of nitro benzene ring substituents is 1. The fourth-order valence-corrected chi connectivity index (χ4v) is 2.24. The van der Waals surface area contributed by atoms with Gasteiger partial charge >= 0.3 is 0 Å². The summed E-state index contributed by atoms with van der Waals surface area (Å²) in [5.74, 6) is 0.557. The molecule has 92 valence electrons. The number of hydrogen-bond acceptors (Lipinski definition) is 5. The highest BCUT2D eigenvalue weighted by atomic mass is 16.6. The minimum Gasteiger partial charge on any atom is -0.321 e. The Bertz CT molecular complexity index is 722. The molecule has 1 aliphatic rings. The maximum Gasteiger partial charge on any atom is 0.270 e. The molecule has 18 heavy (non-hydrogen) atoms. The Morgan fingerprint density at radius 3 is 3.00 bits per heavy atom. The van der Waals surface area contributed by atoms with E-state index in [-0.39, 0.29) is 22.7 Å². The van der Waals surface area contributed by atoms with Crippen molar-refractivity contribution < 1.29 is 4.92 Å². The lowest BCUT2D eigenvalue weighted by molar-refractivity contribution is -0.384. The smallest absolute Gasteiger partial charge is 0.270 e. The van der Waals surface area contributed by atoms with Crippen molar-refractivity contribution in [2.24, 2.45) is 5.73 Å². The van der Waals surface area contributed by atoms with E-state index in [1.807, 2.05) is 0 Å². The monoisotopic (exact) mass is 246 g/mol. The van der Waals surface area contributed by atoms with Crippen molar-refractivity contribution in [1.29, 1.82) is 0 Å². The first-order valence-corrected chi connectivity index (χ1v) is 5.52. The quantitative estimate of drug-likeness (QED) is 0.589. The zero-order chi connectivity index (χ0) is 12.9. The molecule has 1 unspecified atom stereocenters. The highest BCUT2D eigenvalue weighted by molar-refractivity contribution is 5.80. The van der Waals surface area contributed by atoms with Crippen LogP contribution in [0.2, 0.25) is 0 Å². The number of aromatic nitrogens is 2. The lowest BCUT2D eigenvalue weighted by Crippen LogP contribution is -2.22. The number of fused-ring (bicyclic) bond motifs is 2. The summed E-state index contributed by atoms with van der Waals surface area (Å²) in [6, 6.07) is 3.85. The molecule has 7 nitrogen and oxygen atoms in total. The van der Waals surface area contributed by atoms with E-state index in [0.29, 0.717) is 24.3 Å². The minimum atomic E-state index is -0.525. The minimum absolute atomic E-state index is 0.107. The normalized spacial score (nSPS) is 17.9. The van der Waals surface area contributed by atoms with Crippen LogP contribution in [0, 0.1) is 10.1 Å². The van der Waals surface area contributed by atoms with Gasteiger partial charge in [0.15, 0.2) is 0 Å². The molecule has 0 saturated carbocycles. The van der Waals surface area contributed by atoms with Crippen molar-refractivity contribution in [3.8, 4) is 0 Å². The van der Waals surface area contributed by atoms with Crippen LogP contribution in [0.15, 0.2) is 23.0 Å². The van der Waals surface area contributed by atoms with Gasteiger partial charge in [0.25, 0.3) is 11.2 Å². The fraction of sp³-hybridized carbons (Fsp3) is 0.273. The van der Waals surface area contributed by atoms with E-state index >= 15 is 0 Å². The van der Waals surface area contributed by atoms with Crippen molar-refractivity contribution in [2.45, 2.75) is 19.0 Å². The number of nitro groups is 1. The number of benzene rings is 1. The summed E-state index contributed by atoms with van der Waals surface area (Å²) in [6.07, 6.45) is 0.667. The van der Waals surface area contributed by atoms with Gasteiger partial charge in [0.2, 0.25) is 0 Å². The summed E-state index contributed by atoms with van der Waals surface area (Å²) in [5, 5.41) is 11.0. The van der Waals surface area contributed by atoms with Gasteiger partial charge < -0.3 is 5.73 Å². The number of nitrogens with two attached hydrogens (primary N) is 1. The van der Waals surface area contributed by atoms with E-state index in [1.165, 1.54) is 22.8 Å². The van der Waals surface area contributed by atoms with Crippen LogP contribution in [0.5, 0.6) is 0 Å². The van der Waals surface area contributed by atoms with Crippen LogP contribution < -0.4 is 11.3 Å². The molecule has 1 aromatic carbocycles. The largest absolute Gasteiger partial charge is 0.321 e. The molecule has 7 heteroatoms. The van der Waals surface area contributed by atoms with Gasteiger partial charge in [0.1, 0.15) is 5.82 Å². The van der Waals surface area contributed by atoms with Crippen molar-refractivity contribution in [3.63, 3.8) is 0 Å². The highest BCUT2D eigenvalue weighted by Crippen LogP contribution is 2.23. The summed E-state index contributed by atoms with van der Waals surface area (Å²) < 4.78 is 1.50. The van der Waals surface area contributed by atoms with Gasteiger partial charge in [-0.3, -0.25) is 19.5 Å². The lowest BCUT2D eigenvalue weighted by atomic mass is 10.2. The molecule has 0 spiro atoms. The lowest BCUT2D eigenvalue weighted by Gasteiger charge is -2.06. The van der Waals surface area contributed by atoms with Crippen LogP contribution in [-0.2, 0) is 6.54 Å². The first-order valence-electron chi connectivity index (χ1n) is 5.52. The molecule has 0 aliphatic carbocycles. The van der Waals surface area contributed by atoms with Gasteiger partial charge in [-0.1, -0.05) is 0 Å². The van der Waals surface area contributed by atoms with E-state index in [9.17, 15) is 14.9 Å². The molecule has 2 aromatic rings. The van der Waals surface area contributed by atoms with Crippen molar-refractivity contribution in [2.75, 3.05) is 0 Å². The second kappa shape index (κ2) is 3.61. The summed E-state index contributed by atoms with van der Waals surface area (Å²) in [6.45, 7) is 0.515. The molecule has 0 radical (unpaired) electrons. The number of rotatable bonds is 1. The summed E-state index contributed by atoms with van der Waals surface area (Å²) in [5.41, 5.74) is 5.94. The van der Waals surface area contributed by atoms with E-state index in [2.05, 4.69) is 4.98 Å². The molecule has 1 aromatic heterocycles. The van der Waals surface area contributed by atoms with Crippen LogP contribution >= 0.6 is 0 Å².